The van der Waals surface area contributed by atoms with Crippen LogP contribution in [0.2, 0.25) is 0 Å². The Hall–Kier alpha value is -4.60. The van der Waals surface area contributed by atoms with Crippen LogP contribution < -0.4 is 0 Å². The number of furan rings is 1. The number of fused-ring (bicyclic) bond motifs is 7. The van der Waals surface area contributed by atoms with Gasteiger partial charge in [-0.15, -0.1) is 0 Å². The zero-order chi connectivity index (χ0) is 25.9. The van der Waals surface area contributed by atoms with Gasteiger partial charge >= 0.3 is 0 Å². The first kappa shape index (κ1) is 22.4. The molecule has 39 heavy (non-hydrogen) atoms. The van der Waals surface area contributed by atoms with Gasteiger partial charge in [-0.1, -0.05) is 91.0 Å². The molecule has 0 aliphatic heterocycles. The number of rotatable bonds is 3. The SMILES string of the molecule is Brc1cc2c3cc(-c4ccccc4)ccc3n(-c3ccccc3)c2c2c1oc1cc(-c3ccccc3)ccc12. The number of nitrogens with zero attached hydrogens (tertiary/aromatic N) is 1. The van der Waals surface area contributed by atoms with Crippen LogP contribution in [0.15, 0.2) is 142 Å². The molecule has 0 aliphatic rings. The molecule has 0 saturated carbocycles. The smallest absolute Gasteiger partial charge is 0.151 e. The largest absolute Gasteiger partial charge is 0.455 e. The van der Waals surface area contributed by atoms with Gasteiger partial charge in [0, 0.05) is 21.8 Å². The van der Waals surface area contributed by atoms with E-state index in [0.29, 0.717) is 0 Å². The van der Waals surface area contributed by atoms with Gasteiger partial charge < -0.3 is 8.98 Å². The zero-order valence-corrected chi connectivity index (χ0v) is 22.5. The first-order valence-electron chi connectivity index (χ1n) is 13.1. The molecule has 0 saturated heterocycles. The highest BCUT2D eigenvalue weighted by Crippen LogP contribution is 2.45. The van der Waals surface area contributed by atoms with E-state index in [1.54, 1.807) is 0 Å². The summed E-state index contributed by atoms with van der Waals surface area (Å²) in [6, 6.07) is 47.2. The van der Waals surface area contributed by atoms with Crippen molar-refractivity contribution in [3.63, 3.8) is 0 Å². The Morgan fingerprint density at radius 1 is 0.513 bits per heavy atom. The first-order valence-corrected chi connectivity index (χ1v) is 13.8. The van der Waals surface area contributed by atoms with E-state index < -0.39 is 0 Å². The van der Waals surface area contributed by atoms with Crippen LogP contribution in [0.25, 0.3) is 71.7 Å². The average Bonchev–Trinajstić information content (AvgIpc) is 3.54. The van der Waals surface area contributed by atoms with Gasteiger partial charge in [-0.05, 0) is 80.6 Å². The molecule has 2 aromatic heterocycles. The summed E-state index contributed by atoms with van der Waals surface area (Å²) in [5, 5.41) is 4.64. The number of aromatic nitrogens is 1. The Morgan fingerprint density at radius 3 is 1.82 bits per heavy atom. The first-order chi connectivity index (χ1) is 19.3. The highest BCUT2D eigenvalue weighted by molar-refractivity contribution is 9.10. The Balaban J connectivity index is 1.51. The predicted octanol–water partition coefficient (Wildman–Crippen LogP) is 10.8. The number of para-hydroxylation sites is 1. The van der Waals surface area contributed by atoms with E-state index in [4.69, 9.17) is 4.42 Å². The molecular weight excluding hydrogens is 542 g/mol. The molecule has 0 aliphatic carbocycles. The minimum Gasteiger partial charge on any atom is -0.455 e. The molecule has 184 valence electrons. The van der Waals surface area contributed by atoms with E-state index in [1.165, 1.54) is 33.0 Å². The molecule has 8 aromatic rings. The average molecular weight is 564 g/mol. The standard InChI is InChI=1S/C36H22BrNO/c37-31-22-30-29-20-25(23-10-4-1-5-11-23)17-19-32(29)38(27-14-8-3-9-15-27)35(30)34-28-18-16-26(21-33(28)39-36(31)34)24-12-6-2-7-13-24/h1-22H. The molecule has 2 heterocycles. The van der Waals surface area contributed by atoms with Crippen molar-refractivity contribution in [1.29, 1.82) is 0 Å². The number of hydrogen-bond acceptors (Lipinski definition) is 1. The van der Waals surface area contributed by atoms with Gasteiger partial charge in [0.2, 0.25) is 0 Å². The summed E-state index contributed by atoms with van der Waals surface area (Å²) in [5.74, 6) is 0. The number of benzene rings is 6. The quantitative estimate of drug-likeness (QED) is 0.209. The minimum absolute atomic E-state index is 0.867. The van der Waals surface area contributed by atoms with E-state index in [0.717, 1.165) is 43.2 Å². The van der Waals surface area contributed by atoms with Gasteiger partial charge in [0.05, 0.1) is 20.9 Å². The second-order valence-corrected chi connectivity index (χ2v) is 10.8. The molecule has 0 radical (unpaired) electrons. The van der Waals surface area contributed by atoms with Crippen LogP contribution in [-0.2, 0) is 0 Å². The molecular formula is C36H22BrNO. The normalized spacial score (nSPS) is 11.7. The molecule has 0 spiro atoms. The van der Waals surface area contributed by atoms with Crippen LogP contribution in [0.3, 0.4) is 0 Å². The zero-order valence-electron chi connectivity index (χ0n) is 20.9. The van der Waals surface area contributed by atoms with Crippen molar-refractivity contribution in [2.24, 2.45) is 0 Å². The third kappa shape index (κ3) is 3.47. The van der Waals surface area contributed by atoms with Crippen molar-refractivity contribution in [2.45, 2.75) is 0 Å². The third-order valence-corrected chi connectivity index (χ3v) is 8.24. The summed E-state index contributed by atoms with van der Waals surface area (Å²) < 4.78 is 9.91. The lowest BCUT2D eigenvalue weighted by atomic mass is 10.0. The van der Waals surface area contributed by atoms with Crippen molar-refractivity contribution in [3.05, 3.63) is 138 Å². The fourth-order valence-electron chi connectivity index (χ4n) is 5.87. The molecule has 8 rings (SSSR count). The van der Waals surface area contributed by atoms with Crippen molar-refractivity contribution < 1.29 is 4.42 Å². The van der Waals surface area contributed by atoms with Gasteiger partial charge in [-0.25, -0.2) is 0 Å². The topological polar surface area (TPSA) is 18.1 Å². The van der Waals surface area contributed by atoms with Crippen LogP contribution >= 0.6 is 15.9 Å². The monoisotopic (exact) mass is 563 g/mol. The van der Waals surface area contributed by atoms with Gasteiger partial charge in [0.15, 0.2) is 5.58 Å². The van der Waals surface area contributed by atoms with E-state index in [-0.39, 0.29) is 0 Å². The Labute approximate surface area is 233 Å². The Morgan fingerprint density at radius 2 is 1.13 bits per heavy atom. The summed E-state index contributed by atoms with van der Waals surface area (Å²) >= 11 is 3.87. The van der Waals surface area contributed by atoms with Gasteiger partial charge in [0.25, 0.3) is 0 Å². The Kier molecular flexibility index (Phi) is 5.01. The third-order valence-electron chi connectivity index (χ3n) is 7.65. The van der Waals surface area contributed by atoms with Crippen LogP contribution in [0.1, 0.15) is 0 Å². The summed E-state index contributed by atoms with van der Waals surface area (Å²) in [6.07, 6.45) is 0. The number of halogens is 1. The maximum absolute atomic E-state index is 6.57. The molecule has 0 atom stereocenters. The summed E-state index contributed by atoms with van der Waals surface area (Å²) in [7, 11) is 0. The molecule has 3 heteroatoms. The molecule has 6 aromatic carbocycles. The maximum Gasteiger partial charge on any atom is 0.151 e. The lowest BCUT2D eigenvalue weighted by Crippen LogP contribution is -1.93. The summed E-state index contributed by atoms with van der Waals surface area (Å²) in [4.78, 5) is 0. The fourth-order valence-corrected chi connectivity index (χ4v) is 6.37. The lowest BCUT2D eigenvalue weighted by Gasteiger charge is -2.09. The van der Waals surface area contributed by atoms with Crippen molar-refractivity contribution in [3.8, 4) is 27.9 Å². The molecule has 0 fully saturated rings. The van der Waals surface area contributed by atoms with Crippen molar-refractivity contribution in [1.82, 2.24) is 4.57 Å². The van der Waals surface area contributed by atoms with Crippen LogP contribution in [-0.4, -0.2) is 4.57 Å². The van der Waals surface area contributed by atoms with E-state index in [9.17, 15) is 0 Å². The lowest BCUT2D eigenvalue weighted by molar-refractivity contribution is 0.667. The van der Waals surface area contributed by atoms with Crippen LogP contribution in [0, 0.1) is 0 Å². The van der Waals surface area contributed by atoms with Crippen molar-refractivity contribution >= 4 is 59.7 Å². The maximum atomic E-state index is 6.57. The van der Waals surface area contributed by atoms with Gasteiger partial charge in [-0.2, -0.15) is 0 Å². The highest BCUT2D eigenvalue weighted by atomic mass is 79.9. The second-order valence-electron chi connectivity index (χ2n) is 9.91. The predicted molar refractivity (Wildman–Crippen MR) is 167 cm³/mol. The summed E-state index contributed by atoms with van der Waals surface area (Å²) in [6.45, 7) is 0. The van der Waals surface area contributed by atoms with E-state index in [1.807, 2.05) is 6.07 Å². The second kappa shape index (κ2) is 8.72. The molecule has 0 amide bonds. The molecule has 2 nitrogen and oxygen atoms in total. The summed E-state index contributed by atoms with van der Waals surface area (Å²) in [5.41, 5.74) is 9.94. The number of hydrogen-bond donors (Lipinski definition) is 0. The van der Waals surface area contributed by atoms with Gasteiger partial charge in [0.1, 0.15) is 5.58 Å². The molecule has 0 bridgehead atoms. The highest BCUT2D eigenvalue weighted by Gasteiger charge is 2.22. The van der Waals surface area contributed by atoms with E-state index >= 15 is 0 Å². The van der Waals surface area contributed by atoms with Gasteiger partial charge in [-0.3, -0.25) is 0 Å². The van der Waals surface area contributed by atoms with E-state index in [2.05, 4.69) is 148 Å². The van der Waals surface area contributed by atoms with Crippen molar-refractivity contribution in [2.75, 3.05) is 0 Å². The molecule has 0 unspecified atom stereocenters. The van der Waals surface area contributed by atoms with Crippen LogP contribution in [0.4, 0.5) is 0 Å². The molecule has 0 N–H and O–H groups in total. The van der Waals surface area contributed by atoms with Crippen LogP contribution in [0.5, 0.6) is 0 Å². The Bertz CT molecular complexity index is 2160. The minimum atomic E-state index is 0.867. The fraction of sp³-hybridized carbons (Fsp3) is 0.